The van der Waals surface area contributed by atoms with Crippen LogP contribution in [0.3, 0.4) is 0 Å². The Balaban J connectivity index is 3.08. The molecule has 6 heteroatoms. The second-order valence-corrected chi connectivity index (χ2v) is 2.85. The molecular formula is C11H4F2N4. The van der Waals surface area contributed by atoms with Crippen LogP contribution in [0.5, 0.6) is 0 Å². The average Bonchev–Trinajstić information content (AvgIpc) is 2.34. The van der Waals surface area contributed by atoms with E-state index in [1.807, 2.05) is 0 Å². The van der Waals surface area contributed by atoms with Gasteiger partial charge < -0.3 is 5.32 Å². The smallest absolute Gasteiger partial charge is 0.148 e. The molecule has 4 nitrogen and oxygen atoms in total. The van der Waals surface area contributed by atoms with Crippen LogP contribution >= 0.6 is 0 Å². The fraction of sp³-hybridized carbons (Fsp3) is 0. The number of nitriles is 3. The Labute approximate surface area is 95.6 Å². The molecule has 1 N–H and O–H groups in total. The molecule has 82 valence electrons. The number of benzene rings is 1. The van der Waals surface area contributed by atoms with Crippen LogP contribution in [0.15, 0.2) is 23.9 Å². The number of allylic oxidation sites excluding steroid dienone is 1. The summed E-state index contributed by atoms with van der Waals surface area (Å²) in [5, 5.41) is 27.6. The summed E-state index contributed by atoms with van der Waals surface area (Å²) in [6.45, 7) is 0. The van der Waals surface area contributed by atoms with Crippen LogP contribution in [0.4, 0.5) is 14.5 Å². The minimum absolute atomic E-state index is 0.260. The number of nitrogens with zero attached hydrogens (tertiary/aromatic N) is 3. The van der Waals surface area contributed by atoms with Crippen LogP contribution in [0, 0.1) is 45.6 Å². The first-order valence-electron chi connectivity index (χ1n) is 4.28. The van der Waals surface area contributed by atoms with Crippen molar-refractivity contribution in [1.82, 2.24) is 0 Å². The second kappa shape index (κ2) is 5.25. The van der Waals surface area contributed by atoms with Crippen LogP contribution < -0.4 is 5.32 Å². The van der Waals surface area contributed by atoms with E-state index in [4.69, 9.17) is 15.8 Å². The van der Waals surface area contributed by atoms with Gasteiger partial charge in [0.2, 0.25) is 0 Å². The van der Waals surface area contributed by atoms with Crippen LogP contribution in [0.1, 0.15) is 5.56 Å². The number of halogens is 2. The molecule has 0 heterocycles. The van der Waals surface area contributed by atoms with Crippen molar-refractivity contribution in [1.29, 1.82) is 15.8 Å². The van der Waals surface area contributed by atoms with Crippen molar-refractivity contribution in [3.8, 4) is 18.2 Å². The molecule has 17 heavy (non-hydrogen) atoms. The van der Waals surface area contributed by atoms with Crippen LogP contribution in [0.2, 0.25) is 0 Å². The van der Waals surface area contributed by atoms with Crippen molar-refractivity contribution in [2.45, 2.75) is 0 Å². The summed E-state index contributed by atoms with van der Waals surface area (Å²) in [5.41, 5.74) is -0.962. The summed E-state index contributed by atoms with van der Waals surface area (Å²) in [6.07, 6.45) is 0.948. The molecular weight excluding hydrogens is 226 g/mol. The number of hydrogen-bond donors (Lipinski definition) is 1. The maximum absolute atomic E-state index is 13.3. The van der Waals surface area contributed by atoms with E-state index >= 15 is 0 Å². The third-order valence-corrected chi connectivity index (χ3v) is 1.79. The van der Waals surface area contributed by atoms with E-state index in [1.54, 1.807) is 12.1 Å². The van der Waals surface area contributed by atoms with Crippen molar-refractivity contribution in [3.05, 3.63) is 41.1 Å². The molecule has 0 saturated carbocycles. The Morgan fingerprint density at radius 1 is 1.12 bits per heavy atom. The summed E-state index contributed by atoms with van der Waals surface area (Å²) in [7, 11) is 0. The number of hydrogen-bond acceptors (Lipinski definition) is 4. The van der Waals surface area contributed by atoms with Crippen LogP contribution in [-0.2, 0) is 0 Å². The Kier molecular flexibility index (Phi) is 3.76. The van der Waals surface area contributed by atoms with Crippen LogP contribution in [0.25, 0.3) is 0 Å². The molecule has 0 spiro atoms. The second-order valence-electron chi connectivity index (χ2n) is 2.85. The lowest BCUT2D eigenvalue weighted by atomic mass is 10.2. The van der Waals surface area contributed by atoms with Crippen molar-refractivity contribution >= 4 is 5.69 Å². The maximum Gasteiger partial charge on any atom is 0.148 e. The fourth-order valence-electron chi connectivity index (χ4n) is 0.983. The highest BCUT2D eigenvalue weighted by Gasteiger charge is 2.08. The topological polar surface area (TPSA) is 83.4 Å². The highest BCUT2D eigenvalue weighted by Crippen LogP contribution is 2.19. The zero-order valence-electron chi connectivity index (χ0n) is 8.33. The van der Waals surface area contributed by atoms with Gasteiger partial charge in [-0.25, -0.2) is 8.78 Å². The molecule has 1 aromatic rings. The van der Waals surface area contributed by atoms with Gasteiger partial charge >= 0.3 is 0 Å². The van der Waals surface area contributed by atoms with E-state index in [1.165, 1.54) is 6.07 Å². The van der Waals surface area contributed by atoms with Gasteiger partial charge in [0.25, 0.3) is 0 Å². The van der Waals surface area contributed by atoms with Gasteiger partial charge in [-0.15, -0.1) is 0 Å². The molecule has 0 amide bonds. The summed E-state index contributed by atoms with van der Waals surface area (Å²) in [4.78, 5) is 0. The van der Waals surface area contributed by atoms with Gasteiger partial charge in [-0.2, -0.15) is 15.8 Å². The lowest BCUT2D eigenvalue weighted by Crippen LogP contribution is -1.96. The Hall–Kier alpha value is -2.91. The molecule has 0 saturated heterocycles. The predicted molar refractivity (Wildman–Crippen MR) is 54.0 cm³/mol. The average molecular weight is 230 g/mol. The molecule has 1 rings (SSSR count). The molecule has 0 aliphatic carbocycles. The van der Waals surface area contributed by atoms with Crippen molar-refractivity contribution in [2.75, 3.05) is 5.32 Å². The lowest BCUT2D eigenvalue weighted by molar-refractivity contribution is 0.600. The molecule has 0 fully saturated rings. The first kappa shape index (κ1) is 12.2. The number of anilines is 1. The summed E-state index contributed by atoms with van der Waals surface area (Å²) in [6, 6.07) is 6.08. The van der Waals surface area contributed by atoms with E-state index < -0.39 is 17.2 Å². The molecule has 0 aromatic heterocycles. The predicted octanol–water partition coefficient (Wildman–Crippen LogP) is 2.18. The first-order valence-corrected chi connectivity index (χ1v) is 4.28. The monoisotopic (exact) mass is 230 g/mol. The van der Waals surface area contributed by atoms with Crippen molar-refractivity contribution in [3.63, 3.8) is 0 Å². The van der Waals surface area contributed by atoms with Gasteiger partial charge in [-0.1, -0.05) is 0 Å². The minimum atomic E-state index is -0.889. The zero-order valence-corrected chi connectivity index (χ0v) is 8.33. The molecule has 0 unspecified atom stereocenters. The molecule has 0 aliphatic rings. The third kappa shape index (κ3) is 2.77. The van der Waals surface area contributed by atoms with E-state index in [0.717, 1.165) is 18.3 Å². The standard InChI is InChI=1S/C11H4F2N4/c12-9-2-11(10(13)1-8(9)5-16)17-6-7(3-14)4-15/h1-2,6,17H. The molecule has 0 aliphatic heterocycles. The van der Waals surface area contributed by atoms with Crippen molar-refractivity contribution < 1.29 is 8.78 Å². The van der Waals surface area contributed by atoms with Gasteiger partial charge in [-0.3, -0.25) is 0 Å². The highest BCUT2D eigenvalue weighted by atomic mass is 19.1. The third-order valence-electron chi connectivity index (χ3n) is 1.79. The minimum Gasteiger partial charge on any atom is -0.357 e. The van der Waals surface area contributed by atoms with Gasteiger partial charge in [0.05, 0.1) is 11.3 Å². The lowest BCUT2D eigenvalue weighted by Gasteiger charge is -2.03. The SMILES string of the molecule is N#CC(C#N)=CNc1cc(F)c(C#N)cc1F. The largest absolute Gasteiger partial charge is 0.357 e. The number of nitrogens with one attached hydrogen (secondary N) is 1. The van der Waals surface area contributed by atoms with Gasteiger partial charge in [0.15, 0.2) is 0 Å². The summed E-state index contributed by atoms with van der Waals surface area (Å²) in [5.74, 6) is -1.74. The van der Waals surface area contributed by atoms with E-state index in [9.17, 15) is 8.78 Å². The molecule has 0 bridgehead atoms. The van der Waals surface area contributed by atoms with E-state index in [0.29, 0.717) is 0 Å². The zero-order chi connectivity index (χ0) is 12.8. The quantitative estimate of drug-likeness (QED) is 0.789. The fourth-order valence-corrected chi connectivity index (χ4v) is 0.983. The van der Waals surface area contributed by atoms with Gasteiger partial charge in [0, 0.05) is 12.3 Å². The normalized spacial score (nSPS) is 8.41. The molecule has 0 radical (unpaired) electrons. The summed E-state index contributed by atoms with van der Waals surface area (Å²) < 4.78 is 26.4. The Morgan fingerprint density at radius 3 is 2.29 bits per heavy atom. The maximum atomic E-state index is 13.3. The van der Waals surface area contributed by atoms with E-state index in [-0.39, 0.29) is 11.3 Å². The van der Waals surface area contributed by atoms with Crippen molar-refractivity contribution in [2.24, 2.45) is 0 Å². The Morgan fingerprint density at radius 2 is 1.76 bits per heavy atom. The first-order chi connectivity index (χ1) is 8.12. The van der Waals surface area contributed by atoms with Crippen LogP contribution in [-0.4, -0.2) is 0 Å². The number of rotatable bonds is 2. The van der Waals surface area contributed by atoms with E-state index in [2.05, 4.69) is 5.32 Å². The molecule has 0 atom stereocenters. The van der Waals surface area contributed by atoms with Gasteiger partial charge in [-0.05, 0) is 6.07 Å². The van der Waals surface area contributed by atoms with Gasteiger partial charge in [0.1, 0.15) is 35.4 Å². The molecule has 1 aromatic carbocycles. The summed E-state index contributed by atoms with van der Waals surface area (Å²) >= 11 is 0. The Bertz CT molecular complexity index is 584. The highest BCUT2D eigenvalue weighted by molar-refractivity contribution is 5.53.